The van der Waals surface area contributed by atoms with Crippen LogP contribution in [0.15, 0.2) is 0 Å². The molecule has 0 aromatic rings. The van der Waals surface area contributed by atoms with Gasteiger partial charge < -0.3 is 15.3 Å². The number of hydrogen-bond acceptors (Lipinski definition) is 3. The summed E-state index contributed by atoms with van der Waals surface area (Å²) in [5.41, 5.74) is 5.52. The Morgan fingerprint density at radius 2 is 2.10 bits per heavy atom. The Morgan fingerprint density at radius 1 is 1.50 bits per heavy atom. The molecular formula is C7H13NO2. The van der Waals surface area contributed by atoms with Crippen LogP contribution in [0.2, 0.25) is 0 Å². The Balaban J connectivity index is 2.30. The third kappa shape index (κ3) is 1.78. The summed E-state index contributed by atoms with van der Waals surface area (Å²) >= 11 is 0. The van der Waals surface area contributed by atoms with Crippen molar-refractivity contribution in [2.75, 3.05) is 13.2 Å². The van der Waals surface area contributed by atoms with Crippen LogP contribution >= 0.6 is 0 Å². The standard InChI is InChI=1S/C7H13NO2/c8-7(5-9)6-1-3-10-4-2-6/h5-7H,1-4,8H2. The van der Waals surface area contributed by atoms with E-state index in [-0.39, 0.29) is 6.04 Å². The summed E-state index contributed by atoms with van der Waals surface area (Å²) in [6, 6.07) is -0.274. The predicted octanol–water partition coefficient (Wildman–Crippen LogP) is -0.0608. The maximum atomic E-state index is 10.2. The first-order valence-electron chi connectivity index (χ1n) is 3.63. The van der Waals surface area contributed by atoms with E-state index in [0.717, 1.165) is 32.3 Å². The highest BCUT2D eigenvalue weighted by Crippen LogP contribution is 2.15. The van der Waals surface area contributed by atoms with Crippen molar-refractivity contribution < 1.29 is 9.53 Å². The molecule has 10 heavy (non-hydrogen) atoms. The summed E-state index contributed by atoms with van der Waals surface area (Å²) < 4.78 is 5.12. The van der Waals surface area contributed by atoms with E-state index in [0.29, 0.717) is 5.92 Å². The summed E-state index contributed by atoms with van der Waals surface area (Å²) in [5.74, 6) is 0.353. The van der Waals surface area contributed by atoms with E-state index in [1.807, 2.05) is 0 Å². The lowest BCUT2D eigenvalue weighted by Gasteiger charge is -2.23. The quantitative estimate of drug-likeness (QED) is 0.551. The summed E-state index contributed by atoms with van der Waals surface area (Å²) in [5, 5.41) is 0. The van der Waals surface area contributed by atoms with Crippen LogP contribution in [0.4, 0.5) is 0 Å². The van der Waals surface area contributed by atoms with Gasteiger partial charge in [0, 0.05) is 13.2 Å². The molecule has 0 aromatic carbocycles. The van der Waals surface area contributed by atoms with Gasteiger partial charge in [0.2, 0.25) is 0 Å². The molecule has 0 radical (unpaired) electrons. The second kappa shape index (κ2) is 3.68. The highest BCUT2D eigenvalue weighted by molar-refractivity contribution is 5.57. The van der Waals surface area contributed by atoms with Crippen LogP contribution in [0.1, 0.15) is 12.8 Å². The molecule has 0 bridgehead atoms. The first-order valence-corrected chi connectivity index (χ1v) is 3.63. The van der Waals surface area contributed by atoms with Crippen molar-refractivity contribution in [1.29, 1.82) is 0 Å². The summed E-state index contributed by atoms with van der Waals surface area (Å²) in [6.45, 7) is 1.51. The van der Waals surface area contributed by atoms with E-state index < -0.39 is 0 Å². The molecule has 1 unspecified atom stereocenters. The van der Waals surface area contributed by atoms with Crippen LogP contribution in [0, 0.1) is 5.92 Å². The van der Waals surface area contributed by atoms with Gasteiger partial charge in [0.15, 0.2) is 0 Å². The van der Waals surface area contributed by atoms with Crippen LogP contribution in [-0.4, -0.2) is 25.5 Å². The van der Waals surface area contributed by atoms with Crippen LogP contribution < -0.4 is 5.73 Å². The van der Waals surface area contributed by atoms with Gasteiger partial charge in [0.05, 0.1) is 6.04 Å². The Hall–Kier alpha value is -0.410. The van der Waals surface area contributed by atoms with Crippen molar-refractivity contribution >= 4 is 6.29 Å². The van der Waals surface area contributed by atoms with Gasteiger partial charge in [0.1, 0.15) is 6.29 Å². The molecule has 0 aromatic heterocycles. The minimum absolute atomic E-state index is 0.274. The molecule has 1 atom stereocenters. The lowest BCUT2D eigenvalue weighted by atomic mass is 9.93. The number of aldehydes is 1. The maximum Gasteiger partial charge on any atom is 0.136 e. The molecule has 1 heterocycles. The summed E-state index contributed by atoms with van der Waals surface area (Å²) in [4.78, 5) is 10.2. The maximum absolute atomic E-state index is 10.2. The Morgan fingerprint density at radius 3 is 2.60 bits per heavy atom. The first kappa shape index (κ1) is 7.69. The van der Waals surface area contributed by atoms with E-state index in [9.17, 15) is 4.79 Å². The van der Waals surface area contributed by atoms with Gasteiger partial charge in [-0.15, -0.1) is 0 Å². The zero-order valence-corrected chi connectivity index (χ0v) is 5.95. The number of rotatable bonds is 2. The van der Waals surface area contributed by atoms with Crippen molar-refractivity contribution in [3.63, 3.8) is 0 Å². The second-order valence-electron chi connectivity index (χ2n) is 2.66. The molecule has 2 N–H and O–H groups in total. The number of ether oxygens (including phenoxy) is 1. The van der Waals surface area contributed by atoms with Crippen molar-refractivity contribution in [3.05, 3.63) is 0 Å². The lowest BCUT2D eigenvalue weighted by molar-refractivity contribution is -0.110. The number of hydrogen-bond donors (Lipinski definition) is 1. The molecule has 1 rings (SSSR count). The highest BCUT2D eigenvalue weighted by Gasteiger charge is 2.19. The lowest BCUT2D eigenvalue weighted by Crippen LogP contribution is -2.35. The minimum Gasteiger partial charge on any atom is -0.381 e. The molecular weight excluding hydrogens is 130 g/mol. The molecule has 3 heteroatoms. The molecule has 58 valence electrons. The summed E-state index contributed by atoms with van der Waals surface area (Å²) in [6.07, 6.45) is 2.69. The van der Waals surface area contributed by atoms with Gasteiger partial charge >= 0.3 is 0 Å². The highest BCUT2D eigenvalue weighted by atomic mass is 16.5. The van der Waals surface area contributed by atoms with E-state index in [1.54, 1.807) is 0 Å². The average Bonchev–Trinajstić information content (AvgIpc) is 2.05. The third-order valence-electron chi connectivity index (χ3n) is 1.97. The van der Waals surface area contributed by atoms with Crippen LogP contribution in [0.5, 0.6) is 0 Å². The fourth-order valence-electron chi connectivity index (χ4n) is 1.21. The normalized spacial score (nSPS) is 24.1. The van der Waals surface area contributed by atoms with E-state index in [2.05, 4.69) is 0 Å². The zero-order chi connectivity index (χ0) is 7.40. The van der Waals surface area contributed by atoms with Crippen molar-refractivity contribution in [3.8, 4) is 0 Å². The van der Waals surface area contributed by atoms with Crippen molar-refractivity contribution in [2.24, 2.45) is 11.7 Å². The predicted molar refractivity (Wildman–Crippen MR) is 37.6 cm³/mol. The van der Waals surface area contributed by atoms with E-state index in [4.69, 9.17) is 10.5 Å². The fourth-order valence-corrected chi connectivity index (χ4v) is 1.21. The van der Waals surface area contributed by atoms with Gasteiger partial charge in [-0.25, -0.2) is 0 Å². The topological polar surface area (TPSA) is 52.3 Å². The first-order chi connectivity index (χ1) is 4.84. The molecule has 0 amide bonds. The van der Waals surface area contributed by atoms with Gasteiger partial charge in [0.25, 0.3) is 0 Å². The van der Waals surface area contributed by atoms with Gasteiger partial charge in [-0.1, -0.05) is 0 Å². The molecule has 1 aliphatic rings. The van der Waals surface area contributed by atoms with Gasteiger partial charge in [-0.3, -0.25) is 0 Å². The van der Waals surface area contributed by atoms with E-state index >= 15 is 0 Å². The van der Waals surface area contributed by atoms with Crippen LogP contribution in [0.25, 0.3) is 0 Å². The van der Waals surface area contributed by atoms with Gasteiger partial charge in [-0.2, -0.15) is 0 Å². The number of carbonyl (C=O) groups excluding carboxylic acids is 1. The largest absolute Gasteiger partial charge is 0.381 e. The van der Waals surface area contributed by atoms with Gasteiger partial charge in [-0.05, 0) is 18.8 Å². The second-order valence-corrected chi connectivity index (χ2v) is 2.66. The molecule has 0 aliphatic carbocycles. The number of nitrogens with two attached hydrogens (primary N) is 1. The van der Waals surface area contributed by atoms with Crippen LogP contribution in [0.3, 0.4) is 0 Å². The minimum atomic E-state index is -0.274. The SMILES string of the molecule is NC(C=O)C1CCOCC1. The summed E-state index contributed by atoms with van der Waals surface area (Å²) in [7, 11) is 0. The zero-order valence-electron chi connectivity index (χ0n) is 5.95. The van der Waals surface area contributed by atoms with Crippen molar-refractivity contribution in [1.82, 2.24) is 0 Å². The fraction of sp³-hybridized carbons (Fsp3) is 0.857. The van der Waals surface area contributed by atoms with Crippen LogP contribution in [-0.2, 0) is 9.53 Å². The average molecular weight is 143 g/mol. The number of carbonyl (C=O) groups is 1. The molecule has 0 saturated carbocycles. The van der Waals surface area contributed by atoms with Crippen molar-refractivity contribution in [2.45, 2.75) is 18.9 Å². The monoisotopic (exact) mass is 143 g/mol. The molecule has 1 aliphatic heterocycles. The molecule has 0 spiro atoms. The Kier molecular flexibility index (Phi) is 2.83. The molecule has 1 fully saturated rings. The third-order valence-corrected chi connectivity index (χ3v) is 1.97. The smallest absolute Gasteiger partial charge is 0.136 e. The molecule has 1 saturated heterocycles. The molecule has 3 nitrogen and oxygen atoms in total. The Bertz CT molecular complexity index is 110. The Labute approximate surface area is 60.5 Å². The van der Waals surface area contributed by atoms with E-state index in [1.165, 1.54) is 0 Å².